The zero-order chi connectivity index (χ0) is 14.5. The molecular formula is C15H20ClN3OS. The van der Waals surface area contributed by atoms with Gasteiger partial charge in [-0.15, -0.1) is 23.7 Å². The van der Waals surface area contributed by atoms with Gasteiger partial charge in [-0.2, -0.15) is 0 Å². The smallest absolute Gasteiger partial charge is 0.270 e. The maximum atomic E-state index is 12.1. The zero-order valence-electron chi connectivity index (χ0n) is 12.1. The van der Waals surface area contributed by atoms with E-state index in [1.807, 2.05) is 25.1 Å². The number of aromatic nitrogens is 1. The molecule has 1 heterocycles. The lowest BCUT2D eigenvalue weighted by atomic mass is 9.94. The standard InChI is InChI=1S/C15H19N3OS.ClH/c1-10(12-6-4-3-5-7-12)11(2)17-15(19)13-9-20-14(8-16)18-13;/h3-7,9-11H,8,16H2,1-2H3,(H,17,19);1H. The first-order chi connectivity index (χ1) is 9.61. The Bertz CT molecular complexity index is 573. The van der Waals surface area contributed by atoms with Crippen LogP contribution < -0.4 is 11.1 Å². The van der Waals surface area contributed by atoms with Gasteiger partial charge in [0.15, 0.2) is 0 Å². The second-order valence-corrected chi connectivity index (χ2v) is 5.73. The molecular weight excluding hydrogens is 306 g/mol. The number of amides is 1. The van der Waals surface area contributed by atoms with E-state index in [4.69, 9.17) is 5.73 Å². The highest BCUT2D eigenvalue weighted by Gasteiger charge is 2.18. The quantitative estimate of drug-likeness (QED) is 0.888. The topological polar surface area (TPSA) is 68.0 Å². The summed E-state index contributed by atoms with van der Waals surface area (Å²) in [5.41, 5.74) is 7.16. The number of halogens is 1. The van der Waals surface area contributed by atoms with Crippen molar-refractivity contribution in [3.05, 3.63) is 52.0 Å². The van der Waals surface area contributed by atoms with E-state index in [2.05, 4.69) is 29.4 Å². The van der Waals surface area contributed by atoms with Crippen LogP contribution in [0.1, 0.15) is 40.8 Å². The van der Waals surface area contributed by atoms with Crippen molar-refractivity contribution in [1.29, 1.82) is 0 Å². The minimum absolute atomic E-state index is 0. The van der Waals surface area contributed by atoms with Crippen LogP contribution in [0.5, 0.6) is 0 Å². The minimum Gasteiger partial charge on any atom is -0.348 e. The molecule has 0 radical (unpaired) electrons. The molecule has 0 saturated heterocycles. The largest absolute Gasteiger partial charge is 0.348 e. The molecule has 3 N–H and O–H groups in total. The van der Waals surface area contributed by atoms with E-state index in [0.717, 1.165) is 5.01 Å². The van der Waals surface area contributed by atoms with Gasteiger partial charge < -0.3 is 11.1 Å². The van der Waals surface area contributed by atoms with Gasteiger partial charge in [-0.25, -0.2) is 4.98 Å². The van der Waals surface area contributed by atoms with Crippen LogP contribution in [-0.2, 0) is 6.54 Å². The molecule has 1 aromatic heterocycles. The van der Waals surface area contributed by atoms with Gasteiger partial charge in [0.25, 0.3) is 5.91 Å². The maximum absolute atomic E-state index is 12.1. The second-order valence-electron chi connectivity index (χ2n) is 4.79. The lowest BCUT2D eigenvalue weighted by molar-refractivity contribution is 0.0931. The molecule has 6 heteroatoms. The minimum atomic E-state index is -0.142. The predicted molar refractivity (Wildman–Crippen MR) is 89.0 cm³/mol. The van der Waals surface area contributed by atoms with Gasteiger partial charge in [-0.3, -0.25) is 4.79 Å². The number of carbonyl (C=O) groups is 1. The number of thiazole rings is 1. The van der Waals surface area contributed by atoms with Crippen LogP contribution in [0.15, 0.2) is 35.7 Å². The summed E-state index contributed by atoms with van der Waals surface area (Å²) in [6.45, 7) is 4.48. The molecule has 0 bridgehead atoms. The van der Waals surface area contributed by atoms with Gasteiger partial charge >= 0.3 is 0 Å². The normalized spacial score (nSPS) is 13.1. The first-order valence-corrected chi connectivity index (χ1v) is 7.50. The summed E-state index contributed by atoms with van der Waals surface area (Å²) < 4.78 is 0. The van der Waals surface area contributed by atoms with E-state index >= 15 is 0 Å². The maximum Gasteiger partial charge on any atom is 0.270 e. The number of rotatable bonds is 5. The molecule has 1 amide bonds. The van der Waals surface area contributed by atoms with Crippen LogP contribution in [0.3, 0.4) is 0 Å². The van der Waals surface area contributed by atoms with Gasteiger partial charge in [0.05, 0.1) is 0 Å². The molecule has 0 saturated carbocycles. The lowest BCUT2D eigenvalue weighted by Gasteiger charge is -2.21. The van der Waals surface area contributed by atoms with Crippen molar-refractivity contribution in [2.75, 3.05) is 0 Å². The Labute approximate surface area is 135 Å². The number of nitrogens with zero attached hydrogens (tertiary/aromatic N) is 1. The number of nitrogens with one attached hydrogen (secondary N) is 1. The molecule has 0 aliphatic heterocycles. The van der Waals surface area contributed by atoms with Crippen LogP contribution in [0.2, 0.25) is 0 Å². The van der Waals surface area contributed by atoms with Crippen LogP contribution in [0.25, 0.3) is 0 Å². The van der Waals surface area contributed by atoms with Crippen molar-refractivity contribution < 1.29 is 4.79 Å². The van der Waals surface area contributed by atoms with E-state index in [1.165, 1.54) is 16.9 Å². The van der Waals surface area contributed by atoms with Crippen molar-refractivity contribution in [2.24, 2.45) is 5.73 Å². The summed E-state index contributed by atoms with van der Waals surface area (Å²) in [7, 11) is 0. The fourth-order valence-corrected chi connectivity index (χ4v) is 2.61. The van der Waals surface area contributed by atoms with Gasteiger partial charge in [0.1, 0.15) is 10.7 Å². The SMILES string of the molecule is CC(NC(=O)c1csc(CN)n1)C(C)c1ccccc1.Cl. The van der Waals surface area contributed by atoms with Crippen molar-refractivity contribution >= 4 is 29.7 Å². The summed E-state index contributed by atoms with van der Waals surface area (Å²) in [4.78, 5) is 16.3. The average molecular weight is 326 g/mol. The van der Waals surface area contributed by atoms with Gasteiger partial charge in [0, 0.05) is 23.9 Å². The Balaban J connectivity index is 0.00000220. The molecule has 21 heavy (non-hydrogen) atoms. The molecule has 0 fully saturated rings. The lowest BCUT2D eigenvalue weighted by Crippen LogP contribution is -2.36. The molecule has 4 nitrogen and oxygen atoms in total. The Morgan fingerprint density at radius 2 is 2.00 bits per heavy atom. The molecule has 1 aromatic carbocycles. The fraction of sp³-hybridized carbons (Fsp3) is 0.333. The summed E-state index contributed by atoms with van der Waals surface area (Å²) in [6.07, 6.45) is 0. The summed E-state index contributed by atoms with van der Waals surface area (Å²) in [6, 6.07) is 10.2. The number of nitrogens with two attached hydrogens (primary N) is 1. The fourth-order valence-electron chi connectivity index (χ4n) is 1.96. The Morgan fingerprint density at radius 3 is 2.57 bits per heavy atom. The molecule has 114 valence electrons. The number of hydrogen-bond acceptors (Lipinski definition) is 4. The van der Waals surface area contributed by atoms with Crippen molar-refractivity contribution in [1.82, 2.24) is 10.3 Å². The molecule has 0 spiro atoms. The van der Waals surface area contributed by atoms with Crippen LogP contribution >= 0.6 is 23.7 Å². The van der Waals surface area contributed by atoms with E-state index in [0.29, 0.717) is 12.2 Å². The molecule has 2 unspecified atom stereocenters. The first kappa shape index (κ1) is 17.6. The van der Waals surface area contributed by atoms with Crippen molar-refractivity contribution in [3.63, 3.8) is 0 Å². The number of hydrogen-bond donors (Lipinski definition) is 2. The molecule has 2 rings (SSSR count). The zero-order valence-corrected chi connectivity index (χ0v) is 13.7. The molecule has 2 aromatic rings. The van der Waals surface area contributed by atoms with Gasteiger partial charge in [-0.1, -0.05) is 37.3 Å². The highest BCUT2D eigenvalue weighted by molar-refractivity contribution is 7.09. The molecule has 0 aliphatic rings. The van der Waals surface area contributed by atoms with E-state index < -0.39 is 0 Å². The van der Waals surface area contributed by atoms with Gasteiger partial charge in [0.2, 0.25) is 0 Å². The summed E-state index contributed by atoms with van der Waals surface area (Å²) >= 11 is 1.41. The predicted octanol–water partition coefficient (Wildman–Crippen LogP) is 2.95. The van der Waals surface area contributed by atoms with Crippen LogP contribution in [0.4, 0.5) is 0 Å². The van der Waals surface area contributed by atoms with E-state index in [-0.39, 0.29) is 30.3 Å². The molecule has 2 atom stereocenters. The highest BCUT2D eigenvalue weighted by Crippen LogP contribution is 2.19. The van der Waals surface area contributed by atoms with E-state index in [9.17, 15) is 4.79 Å². The summed E-state index contributed by atoms with van der Waals surface area (Å²) in [5, 5.41) is 5.52. The molecule has 0 aliphatic carbocycles. The van der Waals surface area contributed by atoms with Crippen molar-refractivity contribution in [2.45, 2.75) is 32.4 Å². The third-order valence-electron chi connectivity index (χ3n) is 3.39. The summed E-state index contributed by atoms with van der Waals surface area (Å²) in [5.74, 6) is 0.101. The van der Waals surface area contributed by atoms with Gasteiger partial charge in [-0.05, 0) is 12.5 Å². The second kappa shape index (κ2) is 8.12. The highest BCUT2D eigenvalue weighted by atomic mass is 35.5. The van der Waals surface area contributed by atoms with Crippen molar-refractivity contribution in [3.8, 4) is 0 Å². The monoisotopic (exact) mass is 325 g/mol. The Kier molecular flexibility index (Phi) is 6.81. The number of benzene rings is 1. The Hall–Kier alpha value is -1.43. The Morgan fingerprint density at radius 1 is 1.33 bits per heavy atom. The first-order valence-electron chi connectivity index (χ1n) is 6.62. The van der Waals surface area contributed by atoms with Crippen LogP contribution in [-0.4, -0.2) is 16.9 Å². The third kappa shape index (κ3) is 4.52. The average Bonchev–Trinajstić information content (AvgIpc) is 2.96. The third-order valence-corrected chi connectivity index (χ3v) is 4.26. The van der Waals surface area contributed by atoms with E-state index in [1.54, 1.807) is 5.38 Å². The number of carbonyl (C=O) groups excluding carboxylic acids is 1. The van der Waals surface area contributed by atoms with Crippen LogP contribution in [0, 0.1) is 0 Å².